The second-order valence-electron chi connectivity index (χ2n) is 16.4. The molecular weight excluding hydrogens is 684 g/mol. The van der Waals surface area contributed by atoms with Gasteiger partial charge in [-0.2, -0.15) is 0 Å². The van der Waals surface area contributed by atoms with E-state index in [1.165, 1.54) is 17.5 Å². The normalized spacial score (nSPS) is 16.3. The molecule has 1 fully saturated rings. The molecule has 12 heteroatoms. The van der Waals surface area contributed by atoms with Gasteiger partial charge in [-0.05, 0) is 123 Å². The second kappa shape index (κ2) is 19.6. The van der Waals surface area contributed by atoms with Crippen molar-refractivity contribution < 1.29 is 28.5 Å². The molecule has 0 spiro atoms. The number of rotatable bonds is 18. The fourth-order valence-corrected chi connectivity index (χ4v) is 7.16. The molecule has 1 aromatic carbocycles. The smallest absolute Gasteiger partial charge is 0.410 e. The fraction of sp³-hybridized carbons (Fsp3) is 0.667. The zero-order chi connectivity index (χ0) is 39.5. The summed E-state index contributed by atoms with van der Waals surface area (Å²) in [7, 11) is 0. The van der Waals surface area contributed by atoms with E-state index in [9.17, 15) is 9.59 Å². The summed E-state index contributed by atoms with van der Waals surface area (Å²) >= 11 is 0. The highest BCUT2D eigenvalue weighted by molar-refractivity contribution is 5.90. The third-order valence-electron chi connectivity index (χ3n) is 9.72. The first-order chi connectivity index (χ1) is 25.6. The maximum absolute atomic E-state index is 13.6. The summed E-state index contributed by atoms with van der Waals surface area (Å²) in [6, 6.07) is 8.74. The molecule has 12 nitrogen and oxygen atoms in total. The van der Waals surface area contributed by atoms with Gasteiger partial charge < -0.3 is 39.0 Å². The number of hydrogen-bond donors (Lipinski definition) is 1. The van der Waals surface area contributed by atoms with Gasteiger partial charge in [-0.15, -0.1) is 0 Å². The van der Waals surface area contributed by atoms with Crippen molar-refractivity contribution in [1.29, 1.82) is 0 Å². The summed E-state index contributed by atoms with van der Waals surface area (Å²) in [5, 5.41) is 0.885. The lowest BCUT2D eigenvalue weighted by Gasteiger charge is -2.31. The molecule has 2 heterocycles. The van der Waals surface area contributed by atoms with Crippen LogP contribution in [-0.2, 0) is 38.2 Å². The van der Waals surface area contributed by atoms with Crippen LogP contribution in [0.2, 0.25) is 0 Å². The Labute approximate surface area is 323 Å². The number of fused-ring (bicyclic) bond motifs is 1. The number of ether oxygens (including phenoxy) is 4. The Morgan fingerprint density at radius 2 is 1.46 bits per heavy atom. The number of nitrogens with zero attached hydrogens (tertiary/aromatic N) is 5. The van der Waals surface area contributed by atoms with Crippen molar-refractivity contribution in [1.82, 2.24) is 24.3 Å². The predicted molar refractivity (Wildman–Crippen MR) is 213 cm³/mol. The first-order valence-corrected chi connectivity index (χ1v) is 20.0. The van der Waals surface area contributed by atoms with Crippen LogP contribution >= 0.6 is 0 Å². The molecule has 0 radical (unpaired) electrons. The van der Waals surface area contributed by atoms with E-state index in [1.807, 2.05) is 60.3 Å². The van der Waals surface area contributed by atoms with Crippen molar-refractivity contribution in [2.75, 3.05) is 45.1 Å². The summed E-state index contributed by atoms with van der Waals surface area (Å²) in [5.41, 5.74) is 9.55. The molecule has 2 amide bonds. The van der Waals surface area contributed by atoms with Crippen molar-refractivity contribution in [2.24, 2.45) is 5.92 Å². The van der Waals surface area contributed by atoms with Crippen LogP contribution in [0.15, 0.2) is 36.8 Å². The first kappa shape index (κ1) is 42.8. The zero-order valence-electron chi connectivity index (χ0n) is 34.4. The van der Waals surface area contributed by atoms with Crippen LogP contribution in [0.5, 0.6) is 0 Å². The molecular formula is C42H66N6O6. The van der Waals surface area contributed by atoms with Gasteiger partial charge >= 0.3 is 12.2 Å². The number of hydrogen-bond acceptors (Lipinski definition) is 9. The number of nitrogen functional groups attached to an aromatic ring is 1. The van der Waals surface area contributed by atoms with Crippen LogP contribution in [0.1, 0.15) is 117 Å². The molecule has 2 atom stereocenters. The third-order valence-corrected chi connectivity index (χ3v) is 9.72. The Balaban J connectivity index is 1.45. The SMILES string of the molecule is CCOC(CCc1cn([C@H]2CC[C@@H](CN(CCCN(CCc3ccc(CC)cc3)C(=O)OC(C)(C)C)C(=O)OC(C)(C)C)C2)c2ncnc(N)c12)OCC. The number of carbonyl (C=O) groups excluding carboxylic acids is 2. The maximum Gasteiger partial charge on any atom is 0.410 e. The second-order valence-corrected chi connectivity index (χ2v) is 16.4. The van der Waals surface area contributed by atoms with Gasteiger partial charge in [-0.1, -0.05) is 31.2 Å². The summed E-state index contributed by atoms with van der Waals surface area (Å²) in [4.78, 5) is 39.6. The van der Waals surface area contributed by atoms with Crippen LogP contribution < -0.4 is 5.73 Å². The molecule has 1 aliphatic carbocycles. The van der Waals surface area contributed by atoms with Crippen molar-refractivity contribution in [3.8, 4) is 0 Å². The molecule has 2 aromatic heterocycles. The number of carbonyl (C=O) groups is 2. The van der Waals surface area contributed by atoms with Crippen molar-refractivity contribution in [3.05, 3.63) is 53.5 Å². The van der Waals surface area contributed by atoms with Crippen molar-refractivity contribution in [2.45, 2.75) is 137 Å². The maximum atomic E-state index is 13.6. The molecule has 0 saturated heterocycles. The van der Waals surface area contributed by atoms with Crippen LogP contribution in [-0.4, -0.2) is 93.4 Å². The van der Waals surface area contributed by atoms with Gasteiger partial charge in [0.15, 0.2) is 6.29 Å². The molecule has 0 unspecified atom stereocenters. The highest BCUT2D eigenvalue weighted by atomic mass is 16.7. The quantitative estimate of drug-likeness (QED) is 0.127. The van der Waals surface area contributed by atoms with Gasteiger partial charge in [0.2, 0.25) is 0 Å². The molecule has 4 rings (SSSR count). The van der Waals surface area contributed by atoms with Crippen LogP contribution in [0.3, 0.4) is 0 Å². The van der Waals surface area contributed by atoms with Crippen molar-refractivity contribution in [3.63, 3.8) is 0 Å². The Kier molecular flexibility index (Phi) is 15.6. The average Bonchev–Trinajstić information content (AvgIpc) is 3.72. The molecule has 300 valence electrons. The standard InChI is InChI=1S/C42H66N6O6/c1-10-30-14-16-31(17-15-30)22-25-46(39(49)53-41(4,5)6)23-13-24-47(40(50)54-42(7,8)9)27-32-18-20-34(26-32)48-28-33(19-21-35(51-11-2)52-12-3)36-37(43)44-29-45-38(36)48/h14-17,28-29,32,34-35H,10-13,18-27H2,1-9H3,(H2,43,44,45)/t32-,34+/m1/s1. The van der Waals surface area contributed by atoms with E-state index in [0.29, 0.717) is 64.5 Å². The lowest BCUT2D eigenvalue weighted by atomic mass is 10.1. The summed E-state index contributed by atoms with van der Waals surface area (Å²) in [6.45, 7) is 20.6. The van der Waals surface area contributed by atoms with Crippen LogP contribution in [0, 0.1) is 5.92 Å². The number of benzene rings is 1. The minimum Gasteiger partial charge on any atom is -0.444 e. The van der Waals surface area contributed by atoms with Gasteiger partial charge in [0.1, 0.15) is 29.0 Å². The predicted octanol–water partition coefficient (Wildman–Crippen LogP) is 8.36. The van der Waals surface area contributed by atoms with E-state index in [4.69, 9.17) is 24.7 Å². The zero-order valence-corrected chi connectivity index (χ0v) is 34.4. The number of aryl methyl sites for hydroxylation is 2. The van der Waals surface area contributed by atoms with Gasteiger partial charge in [-0.3, -0.25) is 0 Å². The molecule has 54 heavy (non-hydrogen) atoms. The van der Waals surface area contributed by atoms with Crippen LogP contribution in [0.25, 0.3) is 11.0 Å². The van der Waals surface area contributed by atoms with E-state index < -0.39 is 11.2 Å². The number of anilines is 1. The summed E-state index contributed by atoms with van der Waals surface area (Å²) in [6.07, 6.45) is 9.24. The summed E-state index contributed by atoms with van der Waals surface area (Å²) < 4.78 is 25.6. The molecule has 1 aliphatic rings. The molecule has 2 N–H and O–H groups in total. The number of amides is 2. The Bertz CT molecular complexity index is 1620. The first-order valence-electron chi connectivity index (χ1n) is 20.0. The highest BCUT2D eigenvalue weighted by Crippen LogP contribution is 2.39. The average molecular weight is 751 g/mol. The lowest BCUT2D eigenvalue weighted by Crippen LogP contribution is -2.42. The molecule has 0 aliphatic heterocycles. The van der Waals surface area contributed by atoms with E-state index in [1.54, 1.807) is 4.90 Å². The van der Waals surface area contributed by atoms with E-state index >= 15 is 0 Å². The Morgan fingerprint density at radius 3 is 2.07 bits per heavy atom. The van der Waals surface area contributed by atoms with Crippen molar-refractivity contribution >= 4 is 29.0 Å². The van der Waals surface area contributed by atoms with E-state index in [2.05, 4.69) is 51.9 Å². The topological polar surface area (TPSA) is 134 Å². The van der Waals surface area contributed by atoms with E-state index in [-0.39, 0.29) is 30.4 Å². The van der Waals surface area contributed by atoms with E-state index in [0.717, 1.165) is 48.7 Å². The van der Waals surface area contributed by atoms with Gasteiger partial charge in [0, 0.05) is 58.1 Å². The van der Waals surface area contributed by atoms with Crippen LogP contribution in [0.4, 0.5) is 15.4 Å². The Hall–Kier alpha value is -3.90. The highest BCUT2D eigenvalue weighted by Gasteiger charge is 2.32. The van der Waals surface area contributed by atoms with Gasteiger partial charge in [0.25, 0.3) is 0 Å². The number of nitrogens with two attached hydrogens (primary N) is 1. The minimum absolute atomic E-state index is 0.199. The fourth-order valence-electron chi connectivity index (χ4n) is 7.16. The minimum atomic E-state index is -0.632. The molecule has 0 bridgehead atoms. The van der Waals surface area contributed by atoms with Gasteiger partial charge in [0.05, 0.1) is 5.39 Å². The lowest BCUT2D eigenvalue weighted by molar-refractivity contribution is -0.139. The Morgan fingerprint density at radius 1 is 0.852 bits per heavy atom. The largest absolute Gasteiger partial charge is 0.444 e. The molecule has 3 aromatic rings. The third kappa shape index (κ3) is 12.9. The molecule has 1 saturated carbocycles. The summed E-state index contributed by atoms with van der Waals surface area (Å²) in [5.74, 6) is 0.731. The monoisotopic (exact) mass is 751 g/mol. The number of aromatic nitrogens is 3. The van der Waals surface area contributed by atoms with Gasteiger partial charge in [-0.25, -0.2) is 19.6 Å².